The number of halogens is 2. The number of aromatic amines is 1. The lowest BCUT2D eigenvalue weighted by molar-refractivity contribution is 0.556. The van der Waals surface area contributed by atoms with Crippen LogP contribution in [0, 0.1) is 5.82 Å². The van der Waals surface area contributed by atoms with Gasteiger partial charge in [0.1, 0.15) is 16.5 Å². The average molecular weight is 381 g/mol. The van der Waals surface area contributed by atoms with Gasteiger partial charge >= 0.3 is 0 Å². The highest BCUT2D eigenvalue weighted by Gasteiger charge is 2.18. The van der Waals surface area contributed by atoms with E-state index in [4.69, 9.17) is 11.6 Å². The SMILES string of the molecule is O=S(=O)(NCCc1nc(-c2ccc(Cl)cc2)n[nH]1)c1ccccc1F. The molecule has 9 heteroatoms. The van der Waals surface area contributed by atoms with Crippen LogP contribution in [0.3, 0.4) is 0 Å². The molecule has 0 radical (unpaired) electrons. The third kappa shape index (κ3) is 4.22. The molecule has 0 aliphatic rings. The largest absolute Gasteiger partial charge is 0.263 e. The Morgan fingerprint density at radius 2 is 1.84 bits per heavy atom. The lowest BCUT2D eigenvalue weighted by atomic mass is 10.2. The van der Waals surface area contributed by atoms with Crippen molar-refractivity contribution in [3.05, 3.63) is 65.2 Å². The minimum atomic E-state index is -3.91. The van der Waals surface area contributed by atoms with Crippen LogP contribution in [-0.4, -0.2) is 30.1 Å². The third-order valence-electron chi connectivity index (χ3n) is 3.41. The molecule has 0 fully saturated rings. The van der Waals surface area contributed by atoms with E-state index in [0.717, 1.165) is 11.6 Å². The highest BCUT2D eigenvalue weighted by Crippen LogP contribution is 2.18. The van der Waals surface area contributed by atoms with Crippen LogP contribution in [-0.2, 0) is 16.4 Å². The summed E-state index contributed by atoms with van der Waals surface area (Å²) in [6, 6.07) is 12.2. The van der Waals surface area contributed by atoms with Gasteiger partial charge in [0.15, 0.2) is 5.82 Å². The van der Waals surface area contributed by atoms with Crippen LogP contribution in [0.1, 0.15) is 5.82 Å². The molecule has 0 saturated carbocycles. The normalized spacial score (nSPS) is 11.6. The Labute approximate surface area is 149 Å². The zero-order valence-corrected chi connectivity index (χ0v) is 14.5. The summed E-state index contributed by atoms with van der Waals surface area (Å²) < 4.78 is 40.1. The summed E-state index contributed by atoms with van der Waals surface area (Å²) in [5, 5.41) is 7.45. The molecule has 1 heterocycles. The second-order valence-corrected chi connectivity index (χ2v) is 7.36. The molecule has 0 saturated heterocycles. The van der Waals surface area contributed by atoms with E-state index in [1.165, 1.54) is 18.2 Å². The molecule has 1 aromatic heterocycles. The van der Waals surface area contributed by atoms with E-state index in [9.17, 15) is 12.8 Å². The maximum atomic E-state index is 13.6. The number of nitrogens with zero attached hydrogens (tertiary/aromatic N) is 2. The Kier molecular flexibility index (Phi) is 5.12. The van der Waals surface area contributed by atoms with Crippen molar-refractivity contribution in [2.24, 2.45) is 0 Å². The van der Waals surface area contributed by atoms with Gasteiger partial charge in [0.05, 0.1) is 0 Å². The van der Waals surface area contributed by atoms with E-state index >= 15 is 0 Å². The van der Waals surface area contributed by atoms with Crippen molar-refractivity contribution in [2.75, 3.05) is 6.54 Å². The van der Waals surface area contributed by atoms with Crippen LogP contribution in [0.4, 0.5) is 4.39 Å². The van der Waals surface area contributed by atoms with Crippen molar-refractivity contribution < 1.29 is 12.8 Å². The number of aromatic nitrogens is 3. The lowest BCUT2D eigenvalue weighted by Gasteiger charge is -2.06. The van der Waals surface area contributed by atoms with Gasteiger partial charge in [-0.1, -0.05) is 23.7 Å². The topological polar surface area (TPSA) is 87.7 Å². The third-order valence-corrected chi connectivity index (χ3v) is 5.16. The Balaban J connectivity index is 1.63. The summed E-state index contributed by atoms with van der Waals surface area (Å²) in [6.45, 7) is 0.0614. The molecule has 25 heavy (non-hydrogen) atoms. The summed E-state index contributed by atoms with van der Waals surface area (Å²) in [5.41, 5.74) is 0.791. The monoisotopic (exact) mass is 380 g/mol. The molecular formula is C16H14ClFN4O2S. The van der Waals surface area contributed by atoms with Crippen molar-refractivity contribution in [3.8, 4) is 11.4 Å². The summed E-state index contributed by atoms with van der Waals surface area (Å²) in [6.07, 6.45) is 0.286. The highest BCUT2D eigenvalue weighted by molar-refractivity contribution is 7.89. The van der Waals surface area contributed by atoms with Crippen LogP contribution < -0.4 is 4.72 Å². The first-order valence-electron chi connectivity index (χ1n) is 7.37. The van der Waals surface area contributed by atoms with Crippen molar-refractivity contribution in [1.82, 2.24) is 19.9 Å². The van der Waals surface area contributed by atoms with E-state index in [2.05, 4.69) is 19.9 Å². The predicted octanol–water partition coefficient (Wildman–Crippen LogP) is 2.79. The van der Waals surface area contributed by atoms with Gasteiger partial charge in [0.2, 0.25) is 10.0 Å². The molecule has 3 aromatic rings. The zero-order valence-electron chi connectivity index (χ0n) is 12.9. The van der Waals surface area contributed by atoms with Crippen molar-refractivity contribution in [2.45, 2.75) is 11.3 Å². The van der Waals surface area contributed by atoms with Gasteiger partial charge in [-0.05, 0) is 36.4 Å². The Morgan fingerprint density at radius 3 is 2.56 bits per heavy atom. The van der Waals surface area contributed by atoms with E-state index < -0.39 is 15.8 Å². The van der Waals surface area contributed by atoms with Crippen LogP contribution in [0.25, 0.3) is 11.4 Å². The first-order valence-corrected chi connectivity index (χ1v) is 9.23. The molecule has 130 valence electrons. The minimum absolute atomic E-state index is 0.0614. The highest BCUT2D eigenvalue weighted by atomic mass is 35.5. The van der Waals surface area contributed by atoms with Crippen LogP contribution in [0.15, 0.2) is 53.4 Å². The zero-order chi connectivity index (χ0) is 17.9. The van der Waals surface area contributed by atoms with Gasteiger partial charge in [-0.2, -0.15) is 5.10 Å². The van der Waals surface area contributed by atoms with Crippen LogP contribution >= 0.6 is 11.6 Å². The maximum absolute atomic E-state index is 13.6. The molecule has 2 N–H and O–H groups in total. The number of H-pyrrole nitrogens is 1. The second-order valence-electron chi connectivity index (χ2n) is 5.19. The fourth-order valence-electron chi connectivity index (χ4n) is 2.18. The van der Waals surface area contributed by atoms with Gasteiger partial charge in [0.25, 0.3) is 0 Å². The molecule has 0 spiro atoms. The van der Waals surface area contributed by atoms with Gasteiger partial charge in [0, 0.05) is 23.6 Å². The Hall–Kier alpha value is -2.29. The van der Waals surface area contributed by atoms with Crippen molar-refractivity contribution in [1.29, 1.82) is 0 Å². The molecule has 0 unspecified atom stereocenters. The smallest absolute Gasteiger partial charge is 0.243 e. The molecule has 0 aliphatic heterocycles. The molecule has 0 aliphatic carbocycles. The molecule has 3 rings (SSSR count). The molecular weight excluding hydrogens is 367 g/mol. The maximum Gasteiger partial charge on any atom is 0.243 e. The standard InChI is InChI=1S/C16H14ClFN4O2S/c17-12-7-5-11(6-8-12)16-20-15(21-22-16)9-10-19-25(23,24)14-4-2-1-3-13(14)18/h1-8,19H,9-10H2,(H,20,21,22). The number of sulfonamides is 1. The number of benzene rings is 2. The summed E-state index contributed by atoms with van der Waals surface area (Å²) in [4.78, 5) is 3.92. The molecule has 6 nitrogen and oxygen atoms in total. The Morgan fingerprint density at radius 1 is 1.12 bits per heavy atom. The Bertz CT molecular complexity index is 974. The quantitative estimate of drug-likeness (QED) is 0.688. The van der Waals surface area contributed by atoms with E-state index in [0.29, 0.717) is 16.7 Å². The second kappa shape index (κ2) is 7.30. The van der Waals surface area contributed by atoms with Crippen LogP contribution in [0.5, 0.6) is 0 Å². The van der Waals surface area contributed by atoms with Gasteiger partial charge in [-0.15, -0.1) is 0 Å². The van der Waals surface area contributed by atoms with Crippen molar-refractivity contribution in [3.63, 3.8) is 0 Å². The first-order chi connectivity index (χ1) is 12.0. The average Bonchev–Trinajstić information content (AvgIpc) is 3.04. The summed E-state index contributed by atoms with van der Waals surface area (Å²) in [7, 11) is -3.91. The van der Waals surface area contributed by atoms with Crippen molar-refractivity contribution >= 4 is 21.6 Å². The minimum Gasteiger partial charge on any atom is -0.263 e. The van der Waals surface area contributed by atoms with Crippen LogP contribution in [0.2, 0.25) is 5.02 Å². The molecule has 2 aromatic carbocycles. The lowest BCUT2D eigenvalue weighted by Crippen LogP contribution is -2.27. The van der Waals surface area contributed by atoms with E-state index in [-0.39, 0.29) is 17.9 Å². The van der Waals surface area contributed by atoms with Gasteiger partial charge < -0.3 is 0 Å². The fourth-order valence-corrected chi connectivity index (χ4v) is 3.41. The number of hydrogen-bond acceptors (Lipinski definition) is 4. The summed E-state index contributed by atoms with van der Waals surface area (Å²) in [5.74, 6) is 0.213. The summed E-state index contributed by atoms with van der Waals surface area (Å²) >= 11 is 5.84. The number of nitrogens with one attached hydrogen (secondary N) is 2. The fraction of sp³-hybridized carbons (Fsp3) is 0.125. The molecule has 0 amide bonds. The number of rotatable bonds is 6. The van der Waals surface area contributed by atoms with E-state index in [1.807, 2.05) is 0 Å². The van der Waals surface area contributed by atoms with Gasteiger partial charge in [-0.3, -0.25) is 5.10 Å². The number of hydrogen-bond donors (Lipinski definition) is 2. The molecule has 0 atom stereocenters. The molecule has 0 bridgehead atoms. The van der Waals surface area contributed by atoms with Gasteiger partial charge in [-0.25, -0.2) is 22.5 Å². The van der Waals surface area contributed by atoms with E-state index in [1.54, 1.807) is 24.3 Å². The predicted molar refractivity (Wildman–Crippen MR) is 92.1 cm³/mol. The first kappa shape index (κ1) is 17.5.